The van der Waals surface area contributed by atoms with Gasteiger partial charge in [0.25, 0.3) is 0 Å². The fourth-order valence-electron chi connectivity index (χ4n) is 1.64. The summed E-state index contributed by atoms with van der Waals surface area (Å²) in [6, 6.07) is -0.236. The highest BCUT2D eigenvalue weighted by Gasteiger charge is 2.26. The molecular formula is C11H19NO3. The fraction of sp³-hybridized carbons (Fsp3) is 0.818. The van der Waals surface area contributed by atoms with Gasteiger partial charge in [-0.25, -0.2) is 0 Å². The Morgan fingerprint density at radius 2 is 1.80 bits per heavy atom. The Morgan fingerprint density at radius 1 is 1.27 bits per heavy atom. The number of nitrogens with zero attached hydrogens (tertiary/aromatic N) is 1. The molecule has 86 valence electrons. The minimum atomic E-state index is -0.236. The van der Waals surface area contributed by atoms with Crippen LogP contribution in [-0.2, 0) is 14.3 Å². The second-order valence-corrected chi connectivity index (χ2v) is 4.24. The third-order valence-electron chi connectivity index (χ3n) is 2.60. The van der Waals surface area contributed by atoms with Crippen molar-refractivity contribution >= 4 is 11.8 Å². The second-order valence-electron chi connectivity index (χ2n) is 4.24. The van der Waals surface area contributed by atoms with Gasteiger partial charge in [-0.3, -0.25) is 14.5 Å². The van der Waals surface area contributed by atoms with Crippen molar-refractivity contribution in [3.8, 4) is 0 Å². The van der Waals surface area contributed by atoms with Crippen LogP contribution >= 0.6 is 0 Å². The Kier molecular flexibility index (Phi) is 4.27. The van der Waals surface area contributed by atoms with E-state index in [9.17, 15) is 9.59 Å². The van der Waals surface area contributed by atoms with Crippen LogP contribution in [0.1, 0.15) is 33.6 Å². The number of likely N-dealkylation sites (tertiary alicyclic amines) is 1. The lowest BCUT2D eigenvalue weighted by Gasteiger charge is -2.30. The van der Waals surface area contributed by atoms with Crippen molar-refractivity contribution in [3.63, 3.8) is 0 Å². The molecule has 0 aromatic heterocycles. The molecule has 1 saturated heterocycles. The molecule has 0 amide bonds. The Hall–Kier alpha value is -0.900. The summed E-state index contributed by atoms with van der Waals surface area (Å²) >= 11 is 0. The molecule has 0 aliphatic carbocycles. The highest BCUT2D eigenvalue weighted by molar-refractivity contribution is 5.80. The van der Waals surface area contributed by atoms with E-state index in [2.05, 4.69) is 0 Å². The summed E-state index contributed by atoms with van der Waals surface area (Å²) in [5.74, 6) is 0.0926. The molecule has 1 unspecified atom stereocenters. The van der Waals surface area contributed by atoms with Crippen molar-refractivity contribution in [2.24, 2.45) is 0 Å². The van der Waals surface area contributed by atoms with E-state index < -0.39 is 0 Å². The molecular weight excluding hydrogens is 194 g/mol. The van der Waals surface area contributed by atoms with E-state index in [4.69, 9.17) is 4.74 Å². The smallest absolute Gasteiger partial charge is 0.323 e. The van der Waals surface area contributed by atoms with E-state index in [0.29, 0.717) is 25.9 Å². The Balaban J connectivity index is 2.42. The average molecular weight is 213 g/mol. The molecule has 0 aromatic rings. The minimum Gasteiger partial charge on any atom is -0.462 e. The van der Waals surface area contributed by atoms with Gasteiger partial charge in [0, 0.05) is 25.9 Å². The lowest BCUT2D eigenvalue weighted by atomic mass is 10.1. The third-order valence-corrected chi connectivity index (χ3v) is 2.60. The molecule has 0 N–H and O–H groups in total. The van der Waals surface area contributed by atoms with E-state index in [1.165, 1.54) is 0 Å². The monoisotopic (exact) mass is 213 g/mol. The number of ether oxygens (including phenoxy) is 1. The highest BCUT2D eigenvalue weighted by Crippen LogP contribution is 2.11. The summed E-state index contributed by atoms with van der Waals surface area (Å²) < 4.78 is 5.13. The van der Waals surface area contributed by atoms with Crippen LogP contribution in [0.25, 0.3) is 0 Å². The predicted octanol–water partition coefficient (Wildman–Crippen LogP) is 0.991. The van der Waals surface area contributed by atoms with Crippen molar-refractivity contribution in [3.05, 3.63) is 0 Å². The number of carbonyl (C=O) groups is 2. The number of hydrogen-bond acceptors (Lipinski definition) is 4. The first-order valence-corrected chi connectivity index (χ1v) is 5.47. The van der Waals surface area contributed by atoms with Gasteiger partial charge in [0.2, 0.25) is 0 Å². The molecule has 1 fully saturated rings. The molecule has 4 nitrogen and oxygen atoms in total. The molecule has 4 heteroatoms. The maximum Gasteiger partial charge on any atom is 0.323 e. The van der Waals surface area contributed by atoms with Crippen LogP contribution in [0.3, 0.4) is 0 Å². The molecule has 1 rings (SSSR count). The SMILES string of the molecule is CC(C)OC(=O)C(C)N1CCC(=O)CC1. The zero-order chi connectivity index (χ0) is 11.4. The van der Waals surface area contributed by atoms with E-state index in [-0.39, 0.29) is 23.9 Å². The maximum absolute atomic E-state index is 11.6. The molecule has 0 aromatic carbocycles. The highest BCUT2D eigenvalue weighted by atomic mass is 16.5. The second kappa shape index (κ2) is 5.26. The molecule has 0 radical (unpaired) electrons. The first kappa shape index (κ1) is 12.2. The summed E-state index contributed by atoms with van der Waals surface area (Å²) in [6.07, 6.45) is 1.03. The number of piperidine rings is 1. The van der Waals surface area contributed by atoms with Gasteiger partial charge < -0.3 is 4.74 Å². The first-order valence-electron chi connectivity index (χ1n) is 5.47. The van der Waals surface area contributed by atoms with Crippen LogP contribution in [0.5, 0.6) is 0 Å². The van der Waals surface area contributed by atoms with Gasteiger partial charge >= 0.3 is 5.97 Å². The zero-order valence-electron chi connectivity index (χ0n) is 9.66. The number of esters is 1. The Morgan fingerprint density at radius 3 is 2.27 bits per heavy atom. The number of ketones is 1. The van der Waals surface area contributed by atoms with Gasteiger partial charge in [-0.05, 0) is 20.8 Å². The van der Waals surface area contributed by atoms with Gasteiger partial charge in [-0.1, -0.05) is 0 Å². The first-order chi connectivity index (χ1) is 7.00. The molecule has 1 aliphatic rings. The minimum absolute atomic E-state index is 0.0774. The molecule has 0 saturated carbocycles. The van der Waals surface area contributed by atoms with Crippen LogP contribution in [-0.4, -0.2) is 41.9 Å². The van der Waals surface area contributed by atoms with Crippen LogP contribution in [0.2, 0.25) is 0 Å². The quantitative estimate of drug-likeness (QED) is 0.656. The number of Topliss-reactive ketones (excluding diaryl/α,β-unsaturated/α-hetero) is 1. The van der Waals surface area contributed by atoms with Gasteiger partial charge in [0.15, 0.2) is 0 Å². The summed E-state index contributed by atoms with van der Waals surface area (Å²) in [5.41, 5.74) is 0. The van der Waals surface area contributed by atoms with Crippen molar-refractivity contribution in [2.75, 3.05) is 13.1 Å². The van der Waals surface area contributed by atoms with Crippen molar-refractivity contribution in [1.82, 2.24) is 4.90 Å². The lowest BCUT2D eigenvalue weighted by Crippen LogP contribution is -2.45. The van der Waals surface area contributed by atoms with Crippen LogP contribution in [0.15, 0.2) is 0 Å². The van der Waals surface area contributed by atoms with Crippen molar-refractivity contribution < 1.29 is 14.3 Å². The molecule has 0 bridgehead atoms. The molecule has 1 heterocycles. The maximum atomic E-state index is 11.6. The summed E-state index contributed by atoms with van der Waals surface area (Å²) in [7, 11) is 0. The predicted molar refractivity (Wildman–Crippen MR) is 56.5 cm³/mol. The molecule has 1 atom stereocenters. The van der Waals surface area contributed by atoms with E-state index in [1.807, 2.05) is 25.7 Å². The average Bonchev–Trinajstić information content (AvgIpc) is 2.17. The Bertz CT molecular complexity index is 240. The van der Waals surface area contributed by atoms with E-state index in [0.717, 1.165) is 0 Å². The van der Waals surface area contributed by atoms with Crippen molar-refractivity contribution in [1.29, 1.82) is 0 Å². The third kappa shape index (κ3) is 3.63. The van der Waals surface area contributed by atoms with Gasteiger partial charge in [0.05, 0.1) is 6.10 Å². The van der Waals surface area contributed by atoms with E-state index in [1.54, 1.807) is 0 Å². The standard InChI is InChI=1S/C11H19NO3/c1-8(2)15-11(14)9(3)12-6-4-10(13)5-7-12/h8-9H,4-7H2,1-3H3. The van der Waals surface area contributed by atoms with Crippen molar-refractivity contribution in [2.45, 2.75) is 45.8 Å². The number of carbonyl (C=O) groups excluding carboxylic acids is 2. The van der Waals surface area contributed by atoms with E-state index >= 15 is 0 Å². The molecule has 1 aliphatic heterocycles. The summed E-state index contributed by atoms with van der Waals surface area (Å²) in [6.45, 7) is 6.86. The lowest BCUT2D eigenvalue weighted by molar-refractivity contribution is -0.154. The fourth-order valence-corrected chi connectivity index (χ4v) is 1.64. The Labute approximate surface area is 90.6 Å². The number of rotatable bonds is 3. The van der Waals surface area contributed by atoms with Gasteiger partial charge in [-0.15, -0.1) is 0 Å². The normalized spacial score (nSPS) is 20.4. The molecule has 15 heavy (non-hydrogen) atoms. The van der Waals surface area contributed by atoms with Gasteiger partial charge in [0.1, 0.15) is 11.8 Å². The summed E-state index contributed by atoms with van der Waals surface area (Å²) in [4.78, 5) is 24.6. The topological polar surface area (TPSA) is 46.6 Å². The number of hydrogen-bond donors (Lipinski definition) is 0. The van der Waals surface area contributed by atoms with Gasteiger partial charge in [-0.2, -0.15) is 0 Å². The summed E-state index contributed by atoms with van der Waals surface area (Å²) in [5, 5.41) is 0. The van der Waals surface area contributed by atoms with Crippen LogP contribution in [0, 0.1) is 0 Å². The molecule has 0 spiro atoms. The van der Waals surface area contributed by atoms with Crippen LogP contribution in [0.4, 0.5) is 0 Å². The largest absolute Gasteiger partial charge is 0.462 e. The zero-order valence-corrected chi connectivity index (χ0v) is 9.66. The van der Waals surface area contributed by atoms with Crippen LogP contribution < -0.4 is 0 Å².